The molecule has 0 saturated carbocycles. The Bertz CT molecular complexity index is 933. The Labute approximate surface area is 172 Å². The number of hydrogen-bond donors (Lipinski definition) is 0. The molecule has 2 unspecified atom stereocenters. The van der Waals surface area contributed by atoms with Gasteiger partial charge in [0, 0.05) is 17.7 Å². The highest BCUT2D eigenvalue weighted by atomic mass is 19.3. The first-order chi connectivity index (χ1) is 14.5. The summed E-state index contributed by atoms with van der Waals surface area (Å²) in [4.78, 5) is 14.5. The summed E-state index contributed by atoms with van der Waals surface area (Å²) in [5, 5.41) is 0. The number of carbonyl (C=O) groups excluding carboxylic acids is 1. The molecule has 2 bridgehead atoms. The molecule has 30 heavy (non-hydrogen) atoms. The third-order valence-electron chi connectivity index (χ3n) is 5.56. The van der Waals surface area contributed by atoms with E-state index >= 15 is 0 Å². The molecule has 0 spiro atoms. The van der Waals surface area contributed by atoms with E-state index in [9.17, 15) is 18.0 Å². The summed E-state index contributed by atoms with van der Waals surface area (Å²) >= 11 is 0. The minimum Gasteiger partial charge on any atom is -0.445 e. The maximum Gasteiger partial charge on any atom is 0.410 e. The Morgan fingerprint density at radius 1 is 1.13 bits per heavy atom. The van der Waals surface area contributed by atoms with Gasteiger partial charge in [0.25, 0.3) is 0 Å². The lowest BCUT2D eigenvalue weighted by Gasteiger charge is -2.44. The van der Waals surface area contributed by atoms with Gasteiger partial charge in [0.05, 0.1) is 6.04 Å². The highest BCUT2D eigenvalue weighted by molar-refractivity contribution is 5.76. The summed E-state index contributed by atoms with van der Waals surface area (Å²) in [6.07, 6.45) is 4.50. The van der Waals surface area contributed by atoms with Crippen LogP contribution in [0, 0.1) is 5.82 Å². The van der Waals surface area contributed by atoms with E-state index in [4.69, 9.17) is 4.74 Å². The van der Waals surface area contributed by atoms with Crippen LogP contribution < -0.4 is 4.74 Å². The fraction of sp³-hybridized carbons (Fsp3) is 0.348. The Balaban J connectivity index is 1.54. The summed E-state index contributed by atoms with van der Waals surface area (Å²) in [5.74, 6) is -0.827. The topological polar surface area (TPSA) is 38.8 Å². The van der Waals surface area contributed by atoms with Crippen LogP contribution in [0.1, 0.15) is 36.8 Å². The van der Waals surface area contributed by atoms with Gasteiger partial charge in [-0.25, -0.2) is 9.18 Å². The first kappa shape index (κ1) is 20.3. The summed E-state index contributed by atoms with van der Waals surface area (Å²) in [7, 11) is 0. The Hall–Kier alpha value is -2.96. The normalized spacial score (nSPS) is 20.7. The first-order valence-corrected chi connectivity index (χ1v) is 9.95. The minimum atomic E-state index is -3.04. The zero-order valence-corrected chi connectivity index (χ0v) is 16.3. The standard InChI is InChI=1S/C23H22F3NO3/c24-17-9-10-20(21(13-17)30-22(25)26)16-11-18-7-4-8-19(12-16)27(18)23(28)29-14-15-5-2-1-3-6-15/h1-3,5-6,9-11,13,18-19,22H,4,7-8,12,14H2. The predicted octanol–water partition coefficient (Wildman–Crippen LogP) is 5.77. The Morgan fingerprint density at radius 2 is 1.93 bits per heavy atom. The van der Waals surface area contributed by atoms with E-state index in [1.165, 1.54) is 12.1 Å². The van der Waals surface area contributed by atoms with Gasteiger partial charge < -0.3 is 9.47 Å². The van der Waals surface area contributed by atoms with Gasteiger partial charge in [-0.05, 0) is 49.0 Å². The molecule has 2 aliphatic rings. The lowest BCUT2D eigenvalue weighted by atomic mass is 9.83. The molecular weight excluding hydrogens is 395 g/mol. The highest BCUT2D eigenvalue weighted by Gasteiger charge is 2.38. The van der Waals surface area contributed by atoms with Gasteiger partial charge in [0.2, 0.25) is 0 Å². The molecule has 1 saturated heterocycles. The number of rotatable bonds is 5. The Kier molecular flexibility index (Phi) is 5.97. The Morgan fingerprint density at radius 3 is 2.67 bits per heavy atom. The maximum absolute atomic E-state index is 13.6. The van der Waals surface area contributed by atoms with E-state index in [-0.39, 0.29) is 30.5 Å². The zero-order chi connectivity index (χ0) is 21.1. The predicted molar refractivity (Wildman–Crippen MR) is 106 cm³/mol. The largest absolute Gasteiger partial charge is 0.445 e. The second-order valence-electron chi connectivity index (χ2n) is 7.51. The van der Waals surface area contributed by atoms with Crippen LogP contribution in [0.5, 0.6) is 5.75 Å². The average Bonchev–Trinajstić information content (AvgIpc) is 2.71. The minimum absolute atomic E-state index is 0.100. The first-order valence-electron chi connectivity index (χ1n) is 9.95. The molecule has 2 atom stereocenters. The van der Waals surface area contributed by atoms with Crippen molar-refractivity contribution in [2.24, 2.45) is 0 Å². The highest BCUT2D eigenvalue weighted by Crippen LogP contribution is 2.40. The monoisotopic (exact) mass is 417 g/mol. The molecule has 1 amide bonds. The molecule has 0 aliphatic carbocycles. The van der Waals surface area contributed by atoms with Gasteiger partial charge in [-0.3, -0.25) is 4.90 Å². The van der Waals surface area contributed by atoms with E-state index in [0.717, 1.165) is 36.5 Å². The molecular formula is C23H22F3NO3. The summed E-state index contributed by atoms with van der Waals surface area (Å²) in [6.45, 7) is -2.85. The third kappa shape index (κ3) is 4.45. The van der Waals surface area contributed by atoms with Crippen LogP contribution in [0.25, 0.3) is 5.57 Å². The van der Waals surface area contributed by atoms with Crippen LogP contribution in [0.4, 0.5) is 18.0 Å². The van der Waals surface area contributed by atoms with E-state index in [2.05, 4.69) is 4.74 Å². The number of benzene rings is 2. The third-order valence-corrected chi connectivity index (χ3v) is 5.56. The van der Waals surface area contributed by atoms with Crippen LogP contribution in [-0.4, -0.2) is 29.7 Å². The van der Waals surface area contributed by atoms with Crippen LogP contribution in [0.15, 0.2) is 54.6 Å². The van der Waals surface area contributed by atoms with Crippen molar-refractivity contribution in [3.63, 3.8) is 0 Å². The van der Waals surface area contributed by atoms with Gasteiger partial charge in [-0.2, -0.15) is 8.78 Å². The molecule has 0 radical (unpaired) electrons. The second kappa shape index (κ2) is 8.81. The van der Waals surface area contributed by atoms with Gasteiger partial charge in [0.15, 0.2) is 0 Å². The van der Waals surface area contributed by atoms with E-state index < -0.39 is 12.4 Å². The number of alkyl halides is 2. The fourth-order valence-corrected chi connectivity index (χ4v) is 4.26. The number of halogens is 3. The molecule has 4 nitrogen and oxygen atoms in total. The van der Waals surface area contributed by atoms with Crippen LogP contribution >= 0.6 is 0 Å². The quantitative estimate of drug-likeness (QED) is 0.620. The molecule has 2 heterocycles. The van der Waals surface area contributed by atoms with Crippen molar-refractivity contribution >= 4 is 11.7 Å². The van der Waals surface area contributed by atoms with Gasteiger partial charge in [-0.15, -0.1) is 0 Å². The van der Waals surface area contributed by atoms with Crippen LogP contribution in [0.3, 0.4) is 0 Å². The van der Waals surface area contributed by atoms with Gasteiger partial charge in [-0.1, -0.05) is 36.4 Å². The number of nitrogens with zero attached hydrogens (tertiary/aromatic N) is 1. The molecule has 2 aliphatic heterocycles. The number of piperidine rings is 1. The van der Waals surface area contributed by atoms with Crippen LogP contribution in [-0.2, 0) is 11.3 Å². The number of ether oxygens (including phenoxy) is 2. The molecule has 1 fully saturated rings. The molecule has 4 rings (SSSR count). The van der Waals surface area contributed by atoms with Crippen LogP contribution in [0.2, 0.25) is 0 Å². The summed E-state index contributed by atoms with van der Waals surface area (Å²) in [6, 6.07) is 12.8. The number of amides is 1. The van der Waals surface area contributed by atoms with Crippen molar-refractivity contribution in [3.8, 4) is 5.75 Å². The van der Waals surface area contributed by atoms with Crippen molar-refractivity contribution in [1.82, 2.24) is 4.90 Å². The van der Waals surface area contributed by atoms with Gasteiger partial charge in [0.1, 0.15) is 18.2 Å². The summed E-state index contributed by atoms with van der Waals surface area (Å²) < 4.78 is 49.2. The lowest BCUT2D eigenvalue weighted by Crippen LogP contribution is -2.51. The van der Waals surface area contributed by atoms with Crippen molar-refractivity contribution in [2.75, 3.05) is 0 Å². The smallest absolute Gasteiger partial charge is 0.410 e. The van der Waals surface area contributed by atoms with E-state index in [1.54, 1.807) is 4.90 Å². The molecule has 2 aromatic rings. The number of fused-ring (bicyclic) bond motifs is 2. The molecule has 7 heteroatoms. The second-order valence-corrected chi connectivity index (χ2v) is 7.51. The molecule has 158 valence electrons. The van der Waals surface area contributed by atoms with E-state index in [0.29, 0.717) is 12.0 Å². The molecule has 0 N–H and O–H groups in total. The average molecular weight is 417 g/mol. The van der Waals surface area contributed by atoms with Crippen molar-refractivity contribution in [3.05, 3.63) is 71.6 Å². The zero-order valence-electron chi connectivity index (χ0n) is 16.3. The SMILES string of the molecule is O=C(OCc1ccccc1)N1C2C=C(c3ccc(F)cc3OC(F)F)CC1CCC2. The van der Waals surface area contributed by atoms with Gasteiger partial charge >= 0.3 is 12.7 Å². The van der Waals surface area contributed by atoms with Crippen molar-refractivity contribution in [2.45, 2.75) is 51.0 Å². The molecule has 2 aromatic carbocycles. The lowest BCUT2D eigenvalue weighted by molar-refractivity contribution is -0.0502. The summed E-state index contributed by atoms with van der Waals surface area (Å²) in [5.41, 5.74) is 2.13. The fourth-order valence-electron chi connectivity index (χ4n) is 4.26. The van der Waals surface area contributed by atoms with Crippen molar-refractivity contribution in [1.29, 1.82) is 0 Å². The molecule has 0 aromatic heterocycles. The number of hydrogen-bond acceptors (Lipinski definition) is 3. The maximum atomic E-state index is 13.6. The van der Waals surface area contributed by atoms with Crippen molar-refractivity contribution < 1.29 is 27.4 Å². The van der Waals surface area contributed by atoms with E-state index in [1.807, 2.05) is 36.4 Å². The number of carbonyl (C=O) groups is 1.